The summed E-state index contributed by atoms with van der Waals surface area (Å²) >= 11 is 1.13. The zero-order chi connectivity index (χ0) is 8.81. The van der Waals surface area contributed by atoms with Crippen LogP contribution >= 0.6 is 11.8 Å². The molecule has 0 unspecified atom stereocenters. The third-order valence-electron chi connectivity index (χ3n) is 2.38. The van der Waals surface area contributed by atoms with Crippen molar-refractivity contribution in [3.05, 3.63) is 0 Å². The molecule has 1 saturated carbocycles. The molecule has 0 aliphatic heterocycles. The van der Waals surface area contributed by atoms with Crippen LogP contribution in [-0.2, 0) is 0 Å². The topological polar surface area (TPSA) is 47.6 Å². The summed E-state index contributed by atoms with van der Waals surface area (Å²) in [4.78, 5) is 0. The summed E-state index contributed by atoms with van der Waals surface area (Å²) in [6.07, 6.45) is 6.02. The fourth-order valence-corrected chi connectivity index (χ4v) is 2.35. The Bertz CT molecular complexity index is 208. The molecule has 0 spiro atoms. The SMILES string of the molecule is N#CS[C@H](C#N)C1CCCCC1. The number of rotatable bonds is 2. The van der Waals surface area contributed by atoms with Gasteiger partial charge in [-0.3, -0.25) is 0 Å². The van der Waals surface area contributed by atoms with Crippen LogP contribution < -0.4 is 0 Å². The van der Waals surface area contributed by atoms with Crippen LogP contribution in [0, 0.1) is 27.9 Å². The van der Waals surface area contributed by atoms with E-state index in [1.165, 1.54) is 19.3 Å². The van der Waals surface area contributed by atoms with E-state index in [1.54, 1.807) is 0 Å². The van der Waals surface area contributed by atoms with Gasteiger partial charge >= 0.3 is 0 Å². The van der Waals surface area contributed by atoms with Crippen LogP contribution in [0.2, 0.25) is 0 Å². The van der Waals surface area contributed by atoms with Gasteiger partial charge in [-0.2, -0.15) is 10.5 Å². The van der Waals surface area contributed by atoms with Gasteiger partial charge in [0.25, 0.3) is 0 Å². The predicted octanol–water partition coefficient (Wildman–Crippen LogP) is 2.67. The van der Waals surface area contributed by atoms with Crippen molar-refractivity contribution < 1.29 is 0 Å². The summed E-state index contributed by atoms with van der Waals surface area (Å²) in [7, 11) is 0. The Morgan fingerprint density at radius 2 is 1.83 bits per heavy atom. The van der Waals surface area contributed by atoms with Crippen LogP contribution in [0.4, 0.5) is 0 Å². The van der Waals surface area contributed by atoms with Crippen molar-refractivity contribution in [2.45, 2.75) is 37.4 Å². The molecule has 0 aromatic rings. The standard InChI is InChI=1S/C9H12N2S/c10-6-9(12-7-11)8-4-2-1-3-5-8/h8-9H,1-5H2/t9-/m1/s1. The minimum Gasteiger partial charge on any atom is -0.197 e. The van der Waals surface area contributed by atoms with E-state index in [0.717, 1.165) is 24.6 Å². The largest absolute Gasteiger partial charge is 0.197 e. The first-order chi connectivity index (χ1) is 5.88. The molecule has 0 radical (unpaired) electrons. The molecule has 0 amide bonds. The van der Waals surface area contributed by atoms with Crippen molar-refractivity contribution in [2.24, 2.45) is 5.92 Å². The van der Waals surface area contributed by atoms with Crippen LogP contribution in [0.15, 0.2) is 0 Å². The molecule has 0 saturated heterocycles. The molecule has 0 aromatic heterocycles. The van der Waals surface area contributed by atoms with Crippen LogP contribution in [0.3, 0.4) is 0 Å². The fourth-order valence-electron chi connectivity index (χ4n) is 1.72. The highest BCUT2D eigenvalue weighted by atomic mass is 32.2. The number of thioether (sulfide) groups is 1. The van der Waals surface area contributed by atoms with Crippen molar-refractivity contribution in [2.75, 3.05) is 0 Å². The monoisotopic (exact) mass is 180 g/mol. The molecular formula is C9H12N2S. The average molecular weight is 180 g/mol. The summed E-state index contributed by atoms with van der Waals surface area (Å²) in [5.74, 6) is 0.466. The van der Waals surface area contributed by atoms with Gasteiger partial charge in [0.1, 0.15) is 10.7 Å². The summed E-state index contributed by atoms with van der Waals surface area (Å²) in [6.45, 7) is 0. The van der Waals surface area contributed by atoms with Gasteiger partial charge in [-0.05, 0) is 30.5 Å². The van der Waals surface area contributed by atoms with E-state index in [-0.39, 0.29) is 5.25 Å². The van der Waals surface area contributed by atoms with E-state index < -0.39 is 0 Å². The smallest absolute Gasteiger partial charge is 0.134 e. The molecule has 3 heteroatoms. The van der Waals surface area contributed by atoms with E-state index in [4.69, 9.17) is 10.5 Å². The Labute approximate surface area is 77.6 Å². The minimum atomic E-state index is -0.0877. The molecule has 12 heavy (non-hydrogen) atoms. The zero-order valence-electron chi connectivity index (χ0n) is 6.99. The van der Waals surface area contributed by atoms with Gasteiger partial charge in [-0.15, -0.1) is 0 Å². The fraction of sp³-hybridized carbons (Fsp3) is 0.778. The van der Waals surface area contributed by atoms with Gasteiger partial charge in [0, 0.05) is 0 Å². The number of nitriles is 2. The molecule has 2 nitrogen and oxygen atoms in total. The second-order valence-electron chi connectivity index (χ2n) is 3.16. The number of nitrogens with zero attached hydrogens (tertiary/aromatic N) is 2. The zero-order valence-corrected chi connectivity index (χ0v) is 7.81. The van der Waals surface area contributed by atoms with Crippen molar-refractivity contribution >= 4 is 11.8 Å². The summed E-state index contributed by atoms with van der Waals surface area (Å²) < 4.78 is 0. The summed E-state index contributed by atoms with van der Waals surface area (Å²) in [5.41, 5.74) is 0. The average Bonchev–Trinajstić information content (AvgIpc) is 2.15. The normalized spacial score (nSPS) is 20.8. The van der Waals surface area contributed by atoms with E-state index in [2.05, 4.69) is 6.07 Å². The molecule has 1 aliphatic rings. The first-order valence-corrected chi connectivity index (χ1v) is 5.21. The van der Waals surface area contributed by atoms with Gasteiger partial charge in [-0.25, -0.2) is 0 Å². The van der Waals surface area contributed by atoms with Gasteiger partial charge in [0.2, 0.25) is 0 Å². The number of thiocyanates is 1. The highest BCUT2D eigenvalue weighted by molar-refractivity contribution is 8.04. The van der Waals surface area contributed by atoms with Gasteiger partial charge in [-0.1, -0.05) is 19.3 Å². The molecule has 0 bridgehead atoms. The van der Waals surface area contributed by atoms with Gasteiger partial charge < -0.3 is 0 Å². The Balaban J connectivity index is 2.43. The second kappa shape index (κ2) is 5.06. The lowest BCUT2D eigenvalue weighted by Gasteiger charge is -2.23. The highest BCUT2D eigenvalue weighted by Gasteiger charge is 2.23. The third kappa shape index (κ3) is 2.43. The summed E-state index contributed by atoms with van der Waals surface area (Å²) in [5, 5.41) is 19.2. The van der Waals surface area contributed by atoms with E-state index >= 15 is 0 Å². The lowest BCUT2D eigenvalue weighted by atomic mass is 9.87. The lowest BCUT2D eigenvalue weighted by Crippen LogP contribution is -2.18. The molecular weight excluding hydrogens is 168 g/mol. The maximum absolute atomic E-state index is 8.79. The van der Waals surface area contributed by atoms with Crippen molar-refractivity contribution in [1.29, 1.82) is 10.5 Å². The second-order valence-corrected chi connectivity index (χ2v) is 4.08. The van der Waals surface area contributed by atoms with Gasteiger partial charge in [0.15, 0.2) is 0 Å². The van der Waals surface area contributed by atoms with Crippen molar-refractivity contribution in [3.8, 4) is 11.5 Å². The molecule has 1 aliphatic carbocycles. The Morgan fingerprint density at radius 1 is 1.17 bits per heavy atom. The van der Waals surface area contributed by atoms with Crippen LogP contribution in [0.25, 0.3) is 0 Å². The highest BCUT2D eigenvalue weighted by Crippen LogP contribution is 2.31. The quantitative estimate of drug-likeness (QED) is 0.614. The van der Waals surface area contributed by atoms with Crippen LogP contribution in [0.5, 0.6) is 0 Å². The number of hydrogen-bond donors (Lipinski definition) is 0. The minimum absolute atomic E-state index is 0.0877. The van der Waals surface area contributed by atoms with Gasteiger partial charge in [0.05, 0.1) is 6.07 Å². The van der Waals surface area contributed by atoms with Crippen molar-refractivity contribution in [1.82, 2.24) is 0 Å². The molecule has 0 heterocycles. The van der Waals surface area contributed by atoms with E-state index in [9.17, 15) is 0 Å². The predicted molar refractivity (Wildman–Crippen MR) is 49.2 cm³/mol. The third-order valence-corrected chi connectivity index (χ3v) is 3.23. The summed E-state index contributed by atoms with van der Waals surface area (Å²) in [6, 6.07) is 2.21. The van der Waals surface area contributed by atoms with Crippen molar-refractivity contribution in [3.63, 3.8) is 0 Å². The first kappa shape index (κ1) is 9.42. The Morgan fingerprint density at radius 3 is 2.33 bits per heavy atom. The van der Waals surface area contributed by atoms with Crippen LogP contribution in [-0.4, -0.2) is 5.25 Å². The molecule has 0 N–H and O–H groups in total. The molecule has 64 valence electrons. The Kier molecular flexibility index (Phi) is 3.97. The maximum atomic E-state index is 8.79. The first-order valence-electron chi connectivity index (χ1n) is 4.33. The maximum Gasteiger partial charge on any atom is 0.134 e. The van der Waals surface area contributed by atoms with E-state index in [1.807, 2.05) is 5.40 Å². The molecule has 1 rings (SSSR count). The Hall–Kier alpha value is -0.670. The molecule has 1 atom stereocenters. The van der Waals surface area contributed by atoms with E-state index in [0.29, 0.717) is 5.92 Å². The molecule has 1 fully saturated rings. The van der Waals surface area contributed by atoms with Crippen LogP contribution in [0.1, 0.15) is 32.1 Å². The number of hydrogen-bond acceptors (Lipinski definition) is 3. The molecule has 0 aromatic carbocycles. The lowest BCUT2D eigenvalue weighted by molar-refractivity contribution is 0.370.